The quantitative estimate of drug-likeness (QED) is 0.212. The Morgan fingerprint density at radius 3 is 2.25 bits per heavy atom. The van der Waals surface area contributed by atoms with Crippen LogP contribution in [0, 0.1) is 0 Å². The van der Waals surface area contributed by atoms with E-state index in [-0.39, 0.29) is 17.6 Å². The molecule has 0 fully saturated rings. The van der Waals surface area contributed by atoms with Gasteiger partial charge in [0.05, 0.1) is 11.7 Å². The van der Waals surface area contributed by atoms with Gasteiger partial charge in [-0.3, -0.25) is 4.90 Å². The summed E-state index contributed by atoms with van der Waals surface area (Å²) in [5.74, 6) is 1.39. The van der Waals surface area contributed by atoms with E-state index in [2.05, 4.69) is 71.2 Å². The first kappa shape index (κ1) is 34.2. The maximum atomic E-state index is 13.0. The average Bonchev–Trinajstić information content (AvgIpc) is 3.09. The van der Waals surface area contributed by atoms with Gasteiger partial charge in [0.2, 0.25) is 5.95 Å². The van der Waals surface area contributed by atoms with E-state index in [4.69, 9.17) is 19.4 Å². The molecule has 0 aliphatic rings. The van der Waals surface area contributed by atoms with Gasteiger partial charge in [-0.25, -0.2) is 19.7 Å². The molecule has 0 unspecified atom stereocenters. The van der Waals surface area contributed by atoms with Crippen LogP contribution in [0.5, 0.6) is 0 Å². The first-order chi connectivity index (χ1) is 18.1. The highest BCUT2D eigenvalue weighted by Crippen LogP contribution is 2.33. The lowest BCUT2D eigenvalue weighted by atomic mass is 9.96. The first-order valence-corrected chi connectivity index (χ1v) is 18.5. The molecule has 0 radical (unpaired) electrons. The number of hydrogen-bond donors (Lipinski definition) is 1. The van der Waals surface area contributed by atoms with Gasteiger partial charge in [-0.1, -0.05) is 40.4 Å². The van der Waals surface area contributed by atoms with Gasteiger partial charge in [0.15, 0.2) is 0 Å². The van der Waals surface area contributed by atoms with Crippen molar-refractivity contribution >= 4 is 36.0 Å². The molecule has 1 atom stereocenters. The smallest absolute Gasteiger partial charge is 0.411 e. The molecule has 2 aromatic heterocycles. The van der Waals surface area contributed by atoms with Crippen molar-refractivity contribution in [2.45, 2.75) is 124 Å². The van der Waals surface area contributed by atoms with Crippen LogP contribution in [0.25, 0.3) is 11.4 Å². The molecular weight excluding hydrogens is 588 g/mol. The zero-order valence-corrected chi connectivity index (χ0v) is 29.5. The number of anilines is 1. The van der Waals surface area contributed by atoms with E-state index in [9.17, 15) is 4.79 Å². The highest BCUT2D eigenvalue weighted by molar-refractivity contribution is 9.10. The number of aromatic nitrogens is 4. The number of amides is 1. The van der Waals surface area contributed by atoms with Gasteiger partial charge >= 0.3 is 6.09 Å². The van der Waals surface area contributed by atoms with Gasteiger partial charge < -0.3 is 19.4 Å². The summed E-state index contributed by atoms with van der Waals surface area (Å²) in [6, 6.07) is 2.80. The normalized spacial score (nSPS) is 13.8. The lowest BCUT2D eigenvalue weighted by molar-refractivity contribution is -0.00351. The van der Waals surface area contributed by atoms with E-state index in [0.717, 1.165) is 23.3 Å². The van der Waals surface area contributed by atoms with E-state index in [1.165, 1.54) is 0 Å². The standard InChI is InChI=1S/C29H51BrN6O3Si/c1-20(36(28(5,6)7)26(37)39-29(8,9)10)18-32-25-31-15-14-21(33-25)22-23(30)34-24(27(2,3)4)35(22)19-38-16-17-40(11,12)13/h14-15,20H,16-19H2,1-13H3,(H,31,32,33)/t20-/m0/s1. The molecule has 0 saturated carbocycles. The number of carbonyl (C=O) groups is 1. The minimum absolute atomic E-state index is 0.174. The fourth-order valence-corrected chi connectivity index (χ4v) is 5.57. The molecular formula is C29H51BrN6O3Si. The second-order valence-corrected chi connectivity index (χ2v) is 21.0. The summed E-state index contributed by atoms with van der Waals surface area (Å²) in [4.78, 5) is 28.9. The first-order valence-electron chi connectivity index (χ1n) is 14.0. The number of imidazole rings is 1. The summed E-state index contributed by atoms with van der Waals surface area (Å²) >= 11 is 3.69. The summed E-state index contributed by atoms with van der Waals surface area (Å²) in [6.45, 7) is 28.7. The summed E-state index contributed by atoms with van der Waals surface area (Å²) in [5.41, 5.74) is 0.383. The van der Waals surface area contributed by atoms with Crippen LogP contribution >= 0.6 is 15.9 Å². The molecule has 0 aliphatic carbocycles. The van der Waals surface area contributed by atoms with Crippen molar-refractivity contribution in [1.29, 1.82) is 0 Å². The third-order valence-corrected chi connectivity index (χ3v) is 8.28. The Morgan fingerprint density at radius 2 is 1.73 bits per heavy atom. The average molecular weight is 640 g/mol. The molecule has 2 heterocycles. The van der Waals surface area contributed by atoms with Crippen LogP contribution in [-0.2, 0) is 21.6 Å². The van der Waals surface area contributed by atoms with Crippen LogP contribution in [0.2, 0.25) is 25.7 Å². The van der Waals surface area contributed by atoms with Crippen molar-refractivity contribution in [1.82, 2.24) is 24.4 Å². The van der Waals surface area contributed by atoms with Gasteiger partial charge in [-0.2, -0.15) is 0 Å². The van der Waals surface area contributed by atoms with E-state index < -0.39 is 19.2 Å². The number of nitrogens with one attached hydrogen (secondary N) is 1. The third-order valence-electron chi connectivity index (χ3n) is 6.02. The number of rotatable bonds is 10. The Hall–Kier alpha value is -1.98. The van der Waals surface area contributed by atoms with Crippen molar-refractivity contribution in [2.24, 2.45) is 0 Å². The molecule has 40 heavy (non-hydrogen) atoms. The van der Waals surface area contributed by atoms with Gasteiger partial charge in [0.25, 0.3) is 0 Å². The molecule has 1 amide bonds. The maximum absolute atomic E-state index is 13.0. The number of ether oxygens (including phenoxy) is 2. The van der Waals surface area contributed by atoms with Gasteiger partial charge in [0, 0.05) is 38.4 Å². The topological polar surface area (TPSA) is 94.4 Å². The SMILES string of the molecule is C[C@@H](CNc1nccc(-c2c(Br)nc(C(C)(C)C)n2COCC[Si](C)(C)C)n1)N(C(=O)OC(C)(C)C)C(C)(C)C. The molecule has 11 heteroatoms. The highest BCUT2D eigenvalue weighted by atomic mass is 79.9. The maximum Gasteiger partial charge on any atom is 0.411 e. The molecule has 0 bridgehead atoms. The van der Waals surface area contributed by atoms with Crippen molar-refractivity contribution < 1.29 is 14.3 Å². The largest absolute Gasteiger partial charge is 0.444 e. The Morgan fingerprint density at radius 1 is 1.10 bits per heavy atom. The third kappa shape index (κ3) is 10.1. The lowest BCUT2D eigenvalue weighted by Crippen LogP contribution is -2.54. The van der Waals surface area contributed by atoms with Gasteiger partial charge in [-0.15, -0.1) is 0 Å². The second kappa shape index (κ2) is 12.9. The Bertz CT molecular complexity index is 1140. The van der Waals surface area contributed by atoms with E-state index in [1.807, 2.05) is 54.5 Å². The monoisotopic (exact) mass is 638 g/mol. The van der Waals surface area contributed by atoms with Gasteiger partial charge in [0.1, 0.15) is 28.5 Å². The molecule has 1 N–H and O–H groups in total. The molecule has 226 valence electrons. The molecule has 0 saturated heterocycles. The van der Waals surface area contributed by atoms with E-state index in [0.29, 0.717) is 30.4 Å². The molecule has 2 rings (SSSR count). The van der Waals surface area contributed by atoms with E-state index >= 15 is 0 Å². The fraction of sp³-hybridized carbons (Fsp3) is 0.724. The van der Waals surface area contributed by atoms with E-state index in [1.54, 1.807) is 11.1 Å². The summed E-state index contributed by atoms with van der Waals surface area (Å²) < 4.78 is 14.7. The van der Waals surface area contributed by atoms with Crippen LogP contribution in [0.4, 0.5) is 10.7 Å². The molecule has 0 aromatic carbocycles. The minimum Gasteiger partial charge on any atom is -0.444 e. The number of nitrogens with zero attached hydrogens (tertiary/aromatic N) is 5. The summed E-state index contributed by atoms with van der Waals surface area (Å²) in [5, 5.41) is 3.33. The number of hydrogen-bond acceptors (Lipinski definition) is 7. The summed E-state index contributed by atoms with van der Waals surface area (Å²) in [7, 11) is -1.20. The number of carbonyl (C=O) groups excluding carboxylic acids is 1. The van der Waals surface area contributed by atoms with Crippen molar-refractivity contribution in [3.63, 3.8) is 0 Å². The van der Waals surface area contributed by atoms with Crippen molar-refractivity contribution in [3.05, 3.63) is 22.7 Å². The van der Waals surface area contributed by atoms with Crippen molar-refractivity contribution in [3.8, 4) is 11.4 Å². The second-order valence-electron chi connectivity index (χ2n) is 14.6. The molecule has 2 aromatic rings. The number of halogens is 1. The highest BCUT2D eigenvalue weighted by Gasteiger charge is 2.34. The fourth-order valence-electron chi connectivity index (χ4n) is 4.23. The Labute approximate surface area is 251 Å². The molecule has 0 aliphatic heterocycles. The molecule has 9 nitrogen and oxygen atoms in total. The van der Waals surface area contributed by atoms with Crippen LogP contribution in [0.3, 0.4) is 0 Å². The van der Waals surface area contributed by atoms with Gasteiger partial charge in [-0.05, 0) is 76.5 Å². The summed E-state index contributed by atoms with van der Waals surface area (Å²) in [6.07, 6.45) is 1.39. The zero-order chi connectivity index (χ0) is 30.7. The van der Waals surface area contributed by atoms with Crippen LogP contribution in [0.1, 0.15) is 75.1 Å². The minimum atomic E-state index is -1.20. The van der Waals surface area contributed by atoms with Crippen LogP contribution in [0.15, 0.2) is 16.9 Å². The lowest BCUT2D eigenvalue weighted by Gasteiger charge is -2.40. The van der Waals surface area contributed by atoms with Crippen LogP contribution < -0.4 is 5.32 Å². The Balaban J connectivity index is 2.31. The van der Waals surface area contributed by atoms with Crippen molar-refractivity contribution in [2.75, 3.05) is 18.5 Å². The Kier molecular flexibility index (Phi) is 11.0. The predicted octanol–water partition coefficient (Wildman–Crippen LogP) is 7.55. The zero-order valence-electron chi connectivity index (χ0n) is 26.9. The van der Waals surface area contributed by atoms with Crippen LogP contribution in [-0.4, -0.2) is 68.9 Å². The molecule has 0 spiro atoms. The predicted molar refractivity (Wildman–Crippen MR) is 170 cm³/mol.